The van der Waals surface area contributed by atoms with E-state index in [1.54, 1.807) is 0 Å². The molecule has 0 amide bonds. The number of benzene rings is 2. The Balaban J connectivity index is 0.000000260. The molecule has 4 nitrogen and oxygen atoms in total. The third-order valence-corrected chi connectivity index (χ3v) is 3.21. The van der Waals surface area contributed by atoms with Gasteiger partial charge in [0.2, 0.25) is 0 Å². The fourth-order valence-electron chi connectivity index (χ4n) is 2.01. The number of carbonyl (C=O) groups excluding carboxylic acids is 2. The lowest BCUT2D eigenvalue weighted by atomic mass is 10.1. The Labute approximate surface area is 147 Å². The fourth-order valence-corrected chi connectivity index (χ4v) is 2.01. The van der Waals surface area contributed by atoms with Gasteiger partial charge in [0.1, 0.15) is 34.8 Å². The smallest absolute Gasteiger partial charge is 0.165 e. The van der Waals surface area contributed by atoms with Crippen molar-refractivity contribution in [2.24, 2.45) is 0 Å². The number of ketones is 2. The standard InChI is InChI=1S/2C9H8F2O2/c2*1-5(12)9-7(10)3-6(13-2)4-8(9)11/h2*3-4H,1-2H3. The molecule has 0 atom stereocenters. The van der Waals surface area contributed by atoms with Crippen molar-refractivity contribution in [2.75, 3.05) is 14.2 Å². The van der Waals surface area contributed by atoms with Gasteiger partial charge in [-0.05, 0) is 13.8 Å². The lowest BCUT2D eigenvalue weighted by Gasteiger charge is -2.03. The number of Topliss-reactive ketones (excluding diaryl/α,β-unsaturated/α-hetero) is 2. The molecule has 0 spiro atoms. The average Bonchev–Trinajstić information content (AvgIpc) is 2.53. The average molecular weight is 372 g/mol. The van der Waals surface area contributed by atoms with Crippen LogP contribution in [0.5, 0.6) is 11.5 Å². The van der Waals surface area contributed by atoms with E-state index < -0.39 is 46.0 Å². The third-order valence-electron chi connectivity index (χ3n) is 3.21. The summed E-state index contributed by atoms with van der Waals surface area (Å²) in [5.74, 6) is -4.77. The quantitative estimate of drug-likeness (QED) is 0.591. The highest BCUT2D eigenvalue weighted by atomic mass is 19.1. The van der Waals surface area contributed by atoms with Crippen LogP contribution in [0, 0.1) is 23.3 Å². The summed E-state index contributed by atoms with van der Waals surface area (Å²) in [7, 11) is 2.59. The molecule has 0 saturated carbocycles. The maximum Gasteiger partial charge on any atom is 0.165 e. The van der Waals surface area contributed by atoms with Crippen molar-refractivity contribution < 1.29 is 36.6 Å². The molecule has 8 heteroatoms. The summed E-state index contributed by atoms with van der Waals surface area (Å²) in [6, 6.07) is 3.89. The molecule has 2 aromatic rings. The predicted molar refractivity (Wildman–Crippen MR) is 85.8 cm³/mol. The molecule has 0 unspecified atom stereocenters. The van der Waals surface area contributed by atoms with Crippen molar-refractivity contribution in [3.05, 3.63) is 58.7 Å². The minimum Gasteiger partial charge on any atom is -0.497 e. The van der Waals surface area contributed by atoms with Crippen molar-refractivity contribution in [3.8, 4) is 11.5 Å². The zero-order valence-corrected chi connectivity index (χ0v) is 14.5. The van der Waals surface area contributed by atoms with Crippen molar-refractivity contribution in [1.29, 1.82) is 0 Å². The first-order valence-corrected chi connectivity index (χ1v) is 7.20. The van der Waals surface area contributed by atoms with E-state index in [1.807, 2.05) is 0 Å². The van der Waals surface area contributed by atoms with E-state index >= 15 is 0 Å². The Morgan fingerprint density at radius 2 is 0.885 bits per heavy atom. The summed E-state index contributed by atoms with van der Waals surface area (Å²) in [5.41, 5.74) is -1.05. The first kappa shape index (κ1) is 21.1. The van der Waals surface area contributed by atoms with Gasteiger partial charge in [-0.25, -0.2) is 17.6 Å². The molecule has 0 aliphatic heterocycles. The molecule has 0 fully saturated rings. The topological polar surface area (TPSA) is 52.6 Å². The molecule has 140 valence electrons. The highest BCUT2D eigenvalue weighted by Gasteiger charge is 2.16. The number of ether oxygens (including phenoxy) is 2. The maximum absolute atomic E-state index is 13.0. The molecule has 26 heavy (non-hydrogen) atoms. The Kier molecular flexibility index (Phi) is 7.30. The highest BCUT2D eigenvalue weighted by Crippen LogP contribution is 2.21. The van der Waals surface area contributed by atoms with Gasteiger partial charge in [0.25, 0.3) is 0 Å². The van der Waals surface area contributed by atoms with Crippen LogP contribution in [0.3, 0.4) is 0 Å². The summed E-state index contributed by atoms with van der Waals surface area (Å²) >= 11 is 0. The van der Waals surface area contributed by atoms with E-state index in [9.17, 15) is 27.2 Å². The van der Waals surface area contributed by atoms with Gasteiger partial charge in [-0.3, -0.25) is 9.59 Å². The molecule has 0 saturated heterocycles. The number of halogens is 4. The molecular weight excluding hydrogens is 356 g/mol. The number of rotatable bonds is 4. The molecule has 0 aliphatic rings. The van der Waals surface area contributed by atoms with Crippen LogP contribution < -0.4 is 9.47 Å². The Hall–Kier alpha value is -2.90. The third kappa shape index (κ3) is 5.05. The summed E-state index contributed by atoms with van der Waals surface area (Å²) in [6.45, 7) is 2.21. The van der Waals surface area contributed by atoms with E-state index in [2.05, 4.69) is 9.47 Å². The molecule has 0 aliphatic carbocycles. The van der Waals surface area contributed by atoms with E-state index in [-0.39, 0.29) is 11.5 Å². The Morgan fingerprint density at radius 1 is 0.654 bits per heavy atom. The van der Waals surface area contributed by atoms with Crippen LogP contribution in [-0.4, -0.2) is 25.8 Å². The number of methoxy groups -OCH3 is 2. The lowest BCUT2D eigenvalue weighted by Crippen LogP contribution is -2.02. The molecule has 2 rings (SSSR count). The second-order valence-electron chi connectivity index (χ2n) is 5.04. The van der Waals surface area contributed by atoms with E-state index in [0.29, 0.717) is 0 Å². The van der Waals surface area contributed by atoms with Gasteiger partial charge < -0.3 is 9.47 Å². The first-order valence-electron chi connectivity index (χ1n) is 7.20. The summed E-state index contributed by atoms with van der Waals surface area (Å²) in [4.78, 5) is 21.5. The second-order valence-corrected chi connectivity index (χ2v) is 5.04. The van der Waals surface area contributed by atoms with Gasteiger partial charge in [0.05, 0.1) is 25.3 Å². The fraction of sp³-hybridized carbons (Fsp3) is 0.222. The van der Waals surface area contributed by atoms with Crippen LogP contribution in [-0.2, 0) is 0 Å². The largest absolute Gasteiger partial charge is 0.497 e. The molecule has 0 heterocycles. The number of carbonyl (C=O) groups is 2. The van der Waals surface area contributed by atoms with Crippen molar-refractivity contribution in [3.63, 3.8) is 0 Å². The van der Waals surface area contributed by atoms with Gasteiger partial charge in [-0.15, -0.1) is 0 Å². The maximum atomic E-state index is 13.0. The van der Waals surface area contributed by atoms with E-state index in [0.717, 1.165) is 38.1 Å². The minimum atomic E-state index is -0.899. The number of hydrogen-bond acceptors (Lipinski definition) is 4. The van der Waals surface area contributed by atoms with Gasteiger partial charge in [0.15, 0.2) is 11.6 Å². The summed E-state index contributed by atoms with van der Waals surface area (Å²) in [6.07, 6.45) is 0. The van der Waals surface area contributed by atoms with Gasteiger partial charge in [-0.2, -0.15) is 0 Å². The summed E-state index contributed by atoms with van der Waals surface area (Å²) in [5, 5.41) is 0. The summed E-state index contributed by atoms with van der Waals surface area (Å²) < 4.78 is 61.3. The van der Waals surface area contributed by atoms with Crippen LogP contribution in [0.1, 0.15) is 34.6 Å². The van der Waals surface area contributed by atoms with Crippen LogP contribution >= 0.6 is 0 Å². The first-order chi connectivity index (χ1) is 12.1. The minimum absolute atomic E-state index is 0.0556. The zero-order chi connectivity index (χ0) is 20.0. The van der Waals surface area contributed by atoms with Gasteiger partial charge in [-0.1, -0.05) is 0 Å². The SMILES string of the molecule is COc1cc(F)c(C(C)=O)c(F)c1.COc1cc(F)c(C(C)=O)c(F)c1. The van der Waals surface area contributed by atoms with Gasteiger partial charge in [0, 0.05) is 24.3 Å². The Bertz CT molecular complexity index is 718. The zero-order valence-electron chi connectivity index (χ0n) is 14.5. The second kappa shape index (κ2) is 8.98. The van der Waals surface area contributed by atoms with Crippen molar-refractivity contribution >= 4 is 11.6 Å². The van der Waals surface area contributed by atoms with Crippen molar-refractivity contribution in [2.45, 2.75) is 13.8 Å². The van der Waals surface area contributed by atoms with Crippen molar-refractivity contribution in [1.82, 2.24) is 0 Å². The van der Waals surface area contributed by atoms with E-state index in [1.165, 1.54) is 14.2 Å². The predicted octanol–water partition coefficient (Wildman–Crippen LogP) is 4.35. The highest BCUT2D eigenvalue weighted by molar-refractivity contribution is 5.95. The van der Waals surface area contributed by atoms with E-state index in [4.69, 9.17) is 0 Å². The molecule has 0 N–H and O–H groups in total. The monoisotopic (exact) mass is 372 g/mol. The lowest BCUT2D eigenvalue weighted by molar-refractivity contribution is 0.0996. The van der Waals surface area contributed by atoms with Crippen LogP contribution in [0.4, 0.5) is 17.6 Å². The molecule has 0 bridgehead atoms. The van der Waals surface area contributed by atoms with Crippen LogP contribution in [0.2, 0.25) is 0 Å². The molecule has 0 radical (unpaired) electrons. The number of hydrogen-bond donors (Lipinski definition) is 0. The molecule has 0 aromatic heterocycles. The van der Waals surface area contributed by atoms with Crippen LogP contribution in [0.25, 0.3) is 0 Å². The molecule has 2 aromatic carbocycles. The van der Waals surface area contributed by atoms with Gasteiger partial charge >= 0.3 is 0 Å². The van der Waals surface area contributed by atoms with Crippen LogP contribution in [0.15, 0.2) is 24.3 Å². The Morgan fingerprint density at radius 3 is 1.04 bits per heavy atom. The molecular formula is C18H16F4O4. The normalized spacial score (nSPS) is 9.85.